The highest BCUT2D eigenvalue weighted by molar-refractivity contribution is 8.00. The molecule has 1 amide bonds. The third-order valence-corrected chi connectivity index (χ3v) is 6.93. The summed E-state index contributed by atoms with van der Waals surface area (Å²) in [6, 6.07) is 12.3. The molecule has 4 rings (SSSR count). The van der Waals surface area contributed by atoms with Crippen molar-refractivity contribution in [3.63, 3.8) is 0 Å². The molecule has 2 aliphatic rings. The van der Waals surface area contributed by atoms with E-state index >= 15 is 0 Å². The second-order valence-corrected chi connectivity index (χ2v) is 8.84. The monoisotopic (exact) mass is 415 g/mol. The minimum Gasteiger partial charge on any atom is -0.374 e. The van der Waals surface area contributed by atoms with Crippen molar-refractivity contribution in [1.82, 2.24) is 4.90 Å². The molecule has 0 bridgehead atoms. The van der Waals surface area contributed by atoms with Crippen molar-refractivity contribution in [2.75, 3.05) is 23.7 Å². The first-order valence-corrected chi connectivity index (χ1v) is 11.0. The summed E-state index contributed by atoms with van der Waals surface area (Å²) in [7, 11) is 0. The zero-order chi connectivity index (χ0) is 20.5. The van der Waals surface area contributed by atoms with Gasteiger partial charge >= 0.3 is 0 Å². The van der Waals surface area contributed by atoms with Crippen LogP contribution in [0.5, 0.6) is 0 Å². The van der Waals surface area contributed by atoms with Crippen molar-refractivity contribution < 1.29 is 14.3 Å². The Hall–Kier alpha value is -1.93. The number of hydrogen-bond acceptors (Lipinski definition) is 5. The number of anilines is 1. The number of thioether (sulfide) groups is 1. The number of piperidine rings is 1. The number of hydrogen-bond donors (Lipinski definition) is 2. The van der Waals surface area contributed by atoms with Crippen LogP contribution in [0.3, 0.4) is 0 Å². The van der Waals surface area contributed by atoms with E-state index in [4.69, 9.17) is 5.73 Å². The molecule has 2 aliphatic heterocycles. The normalized spacial score (nSPS) is 22.3. The lowest BCUT2D eigenvalue weighted by molar-refractivity contribution is -0.115. The molecule has 2 fully saturated rings. The zero-order valence-corrected chi connectivity index (χ0v) is 17.2. The highest BCUT2D eigenvalue weighted by Crippen LogP contribution is 2.43. The molecule has 2 unspecified atom stereocenters. The third kappa shape index (κ3) is 4.19. The number of likely N-dealkylation sites (tertiary alicyclic amines) is 1. The molecule has 0 aromatic heterocycles. The number of carbonyl (C=O) groups is 1. The Morgan fingerprint density at radius 3 is 2.52 bits per heavy atom. The Labute approximate surface area is 174 Å². The smallest absolute Gasteiger partial charge is 0.238 e. The molecule has 5 nitrogen and oxygen atoms in total. The zero-order valence-electron chi connectivity index (χ0n) is 16.4. The van der Waals surface area contributed by atoms with Gasteiger partial charge in [0.05, 0.1) is 5.75 Å². The second-order valence-electron chi connectivity index (χ2n) is 7.77. The molecule has 0 saturated carbocycles. The fourth-order valence-corrected chi connectivity index (χ4v) is 5.21. The number of aliphatic hydroxyl groups is 1. The Morgan fingerprint density at radius 2 is 1.86 bits per heavy atom. The molecule has 0 spiro atoms. The van der Waals surface area contributed by atoms with Gasteiger partial charge in [0.25, 0.3) is 0 Å². The summed E-state index contributed by atoms with van der Waals surface area (Å²) >= 11 is 1.54. The van der Waals surface area contributed by atoms with Crippen molar-refractivity contribution >= 4 is 23.4 Å². The third-order valence-electron chi connectivity index (χ3n) is 5.72. The number of nitrogens with two attached hydrogens (primary N) is 1. The molecule has 2 aromatic carbocycles. The number of halogens is 1. The Bertz CT molecular complexity index is 884. The molecule has 2 saturated heterocycles. The Balaban J connectivity index is 1.57. The van der Waals surface area contributed by atoms with Gasteiger partial charge in [0.15, 0.2) is 0 Å². The second kappa shape index (κ2) is 8.44. The first kappa shape index (κ1) is 20.3. The number of aryl methyl sites for hydroxylation is 1. The number of amides is 1. The lowest BCUT2D eigenvalue weighted by atomic mass is 10.0. The highest BCUT2D eigenvalue weighted by atomic mass is 32.2. The predicted molar refractivity (Wildman–Crippen MR) is 114 cm³/mol. The maximum atomic E-state index is 13.3. The highest BCUT2D eigenvalue weighted by Gasteiger charge is 2.35. The van der Waals surface area contributed by atoms with Crippen LogP contribution in [0.25, 0.3) is 0 Å². The van der Waals surface area contributed by atoms with Gasteiger partial charge in [0.1, 0.15) is 17.4 Å². The maximum absolute atomic E-state index is 13.3. The van der Waals surface area contributed by atoms with Gasteiger partial charge in [0, 0.05) is 24.8 Å². The van der Waals surface area contributed by atoms with Crippen LogP contribution in [0.15, 0.2) is 42.5 Å². The largest absolute Gasteiger partial charge is 0.374 e. The molecule has 7 heteroatoms. The number of nitrogens with zero attached hydrogens (tertiary/aromatic N) is 2. The number of benzene rings is 2. The standard InChI is InChI=1S/C22H26FN3O2S/c1-14-12-16(21(28)25-10-8-18(24)9-11-25)4-7-19(14)26-20(27)13-29-22(26)15-2-5-17(23)6-3-15/h2-7,12,18,21-22,28H,8-11,13,24H2,1H3. The molecule has 0 aliphatic carbocycles. The van der Waals surface area contributed by atoms with Gasteiger partial charge in [0.2, 0.25) is 5.91 Å². The number of carbonyl (C=O) groups excluding carboxylic acids is 1. The molecule has 29 heavy (non-hydrogen) atoms. The van der Waals surface area contributed by atoms with E-state index in [9.17, 15) is 14.3 Å². The summed E-state index contributed by atoms with van der Waals surface area (Å²) in [4.78, 5) is 16.5. The van der Waals surface area contributed by atoms with E-state index < -0.39 is 6.23 Å². The van der Waals surface area contributed by atoms with Gasteiger partial charge in [-0.2, -0.15) is 0 Å². The van der Waals surface area contributed by atoms with Gasteiger partial charge in [-0.3, -0.25) is 14.6 Å². The molecule has 3 N–H and O–H groups in total. The number of rotatable bonds is 4. The van der Waals surface area contributed by atoms with E-state index in [0.29, 0.717) is 5.75 Å². The average Bonchev–Trinajstić information content (AvgIpc) is 3.10. The topological polar surface area (TPSA) is 69.8 Å². The van der Waals surface area contributed by atoms with E-state index in [0.717, 1.165) is 48.3 Å². The van der Waals surface area contributed by atoms with Crippen LogP contribution in [0.1, 0.15) is 41.1 Å². The summed E-state index contributed by atoms with van der Waals surface area (Å²) in [5.74, 6) is 0.133. The van der Waals surface area contributed by atoms with Gasteiger partial charge in [-0.15, -0.1) is 11.8 Å². The van der Waals surface area contributed by atoms with Gasteiger partial charge < -0.3 is 10.8 Å². The maximum Gasteiger partial charge on any atom is 0.238 e. The van der Waals surface area contributed by atoms with E-state index in [1.165, 1.54) is 23.9 Å². The quantitative estimate of drug-likeness (QED) is 0.802. The van der Waals surface area contributed by atoms with E-state index in [1.807, 2.05) is 30.0 Å². The summed E-state index contributed by atoms with van der Waals surface area (Å²) < 4.78 is 13.3. The lowest BCUT2D eigenvalue weighted by Crippen LogP contribution is -2.41. The van der Waals surface area contributed by atoms with E-state index in [1.54, 1.807) is 17.0 Å². The fraction of sp³-hybridized carbons (Fsp3) is 0.409. The molecule has 0 radical (unpaired) electrons. The summed E-state index contributed by atoms with van der Waals surface area (Å²) in [6.45, 7) is 3.50. The minimum atomic E-state index is -0.674. The first-order chi connectivity index (χ1) is 13.9. The van der Waals surface area contributed by atoms with Crippen molar-refractivity contribution in [2.45, 2.75) is 37.4 Å². The summed E-state index contributed by atoms with van der Waals surface area (Å²) in [5.41, 5.74) is 9.43. The van der Waals surface area contributed by atoms with Crippen molar-refractivity contribution in [1.29, 1.82) is 0 Å². The number of aliphatic hydroxyl groups excluding tert-OH is 1. The first-order valence-electron chi connectivity index (χ1n) is 9.91. The van der Waals surface area contributed by atoms with Gasteiger partial charge in [-0.1, -0.05) is 24.3 Å². The van der Waals surface area contributed by atoms with Crippen LogP contribution in [0.2, 0.25) is 0 Å². The minimum absolute atomic E-state index is 0.0331. The molecular weight excluding hydrogens is 389 g/mol. The van der Waals surface area contributed by atoms with Crippen LogP contribution in [0, 0.1) is 12.7 Å². The molecule has 2 atom stereocenters. The Morgan fingerprint density at radius 1 is 1.17 bits per heavy atom. The van der Waals surface area contributed by atoms with E-state index in [-0.39, 0.29) is 23.1 Å². The van der Waals surface area contributed by atoms with Crippen LogP contribution in [0.4, 0.5) is 10.1 Å². The predicted octanol–water partition coefficient (Wildman–Crippen LogP) is 3.33. The molecule has 154 valence electrons. The van der Waals surface area contributed by atoms with Crippen LogP contribution in [-0.4, -0.2) is 40.8 Å². The lowest BCUT2D eigenvalue weighted by Gasteiger charge is -2.34. The van der Waals surface area contributed by atoms with Crippen LogP contribution < -0.4 is 10.6 Å². The Kier molecular flexibility index (Phi) is 5.92. The summed E-state index contributed by atoms with van der Waals surface area (Å²) in [6.07, 6.45) is 1.09. The van der Waals surface area contributed by atoms with Crippen molar-refractivity contribution in [2.24, 2.45) is 5.73 Å². The fourth-order valence-electron chi connectivity index (χ4n) is 4.04. The summed E-state index contributed by atoms with van der Waals surface area (Å²) in [5, 5.41) is 10.6. The molecule has 2 heterocycles. The van der Waals surface area contributed by atoms with Crippen LogP contribution >= 0.6 is 11.8 Å². The molecular formula is C22H26FN3O2S. The van der Waals surface area contributed by atoms with Crippen molar-refractivity contribution in [3.05, 3.63) is 65.0 Å². The molecule has 2 aromatic rings. The van der Waals surface area contributed by atoms with Crippen LogP contribution in [-0.2, 0) is 4.79 Å². The average molecular weight is 416 g/mol. The SMILES string of the molecule is Cc1cc(C(O)N2CCC(N)CC2)ccc1N1C(=O)CSC1c1ccc(F)cc1. The van der Waals surface area contributed by atoms with E-state index in [2.05, 4.69) is 0 Å². The van der Waals surface area contributed by atoms with Gasteiger partial charge in [-0.25, -0.2) is 4.39 Å². The van der Waals surface area contributed by atoms with Gasteiger partial charge in [-0.05, 0) is 54.7 Å². The van der Waals surface area contributed by atoms with Crippen molar-refractivity contribution in [3.8, 4) is 0 Å².